The number of nitrogens with one attached hydrogen (secondary N) is 5. The smallest absolute Gasteiger partial charge is 0.254 e. The van der Waals surface area contributed by atoms with Crippen LogP contribution in [-0.2, 0) is 44.7 Å². The zero-order valence-electron chi connectivity index (χ0n) is 47.0. The van der Waals surface area contributed by atoms with Crippen LogP contribution in [0.5, 0.6) is 0 Å². The standard InChI is InChI=1S/C58H74FN13O9S/c1-38-51(82-37-63-38)41-9-7-39(8-10-41)31-62-55(75)47-6-5-17-71(47)57(77)52(58(2,3)4)68-49(73)15-22-78-24-26-80-28-29-81-27-25-79-23-16-60-50(74)36-69-18-20-70(21-19-69)56(76)42-13-14-45(44(59)30-42)66-53-54-61-34-48(43-32-64-65-33-43)72(54)35-46(67-53)40-11-12-40/h7-10,13-14,30,32-35,37,40,47,52H,5-6,11-12,15-29,31,36H2,1-4H3,(H,60,74)(H,62,75)(H,64,65)(H,66,67)(H,68,73)/t47-,52+/m0/s1. The van der Waals surface area contributed by atoms with Crippen LogP contribution in [0.25, 0.3) is 27.3 Å². The molecule has 6 aromatic rings. The van der Waals surface area contributed by atoms with Gasteiger partial charge < -0.3 is 50.0 Å². The van der Waals surface area contributed by atoms with Crippen molar-refractivity contribution in [2.45, 2.75) is 84.3 Å². The molecular weight excluding hydrogens is 1070 g/mol. The van der Waals surface area contributed by atoms with Crippen molar-refractivity contribution >= 4 is 58.0 Å². The Balaban J connectivity index is 0.575. The molecule has 1 saturated carbocycles. The number of thiazole rings is 1. The zero-order valence-corrected chi connectivity index (χ0v) is 47.9. The number of H-pyrrole nitrogens is 1. The van der Waals surface area contributed by atoms with E-state index in [1.807, 2.05) is 73.0 Å². The van der Waals surface area contributed by atoms with E-state index in [2.05, 4.69) is 41.4 Å². The highest BCUT2D eigenvalue weighted by atomic mass is 32.1. The second kappa shape index (κ2) is 28.2. The summed E-state index contributed by atoms with van der Waals surface area (Å²) in [5.41, 5.74) is 7.79. The van der Waals surface area contributed by atoms with E-state index in [1.165, 1.54) is 6.07 Å². The Hall–Kier alpha value is -7.22. The van der Waals surface area contributed by atoms with E-state index in [9.17, 15) is 24.0 Å². The number of benzene rings is 2. The number of nitrogens with zero attached hydrogens (tertiary/aromatic N) is 8. The molecule has 0 bridgehead atoms. The van der Waals surface area contributed by atoms with Gasteiger partial charge in [0.05, 0.1) is 105 Å². The summed E-state index contributed by atoms with van der Waals surface area (Å²) in [6, 6.07) is 11.0. The van der Waals surface area contributed by atoms with Crippen molar-refractivity contribution < 1.29 is 47.3 Å². The number of aromatic amines is 1. The van der Waals surface area contributed by atoms with Crippen molar-refractivity contribution in [3.8, 4) is 21.7 Å². The van der Waals surface area contributed by atoms with Gasteiger partial charge in [-0.25, -0.2) is 19.3 Å². The van der Waals surface area contributed by atoms with Gasteiger partial charge in [-0.05, 0) is 67.3 Å². The van der Waals surface area contributed by atoms with Gasteiger partial charge in [0.1, 0.15) is 17.9 Å². The first kappa shape index (κ1) is 59.4. The summed E-state index contributed by atoms with van der Waals surface area (Å²) in [6.07, 6.45) is 10.6. The number of fused-ring (bicyclic) bond motifs is 1. The lowest BCUT2D eigenvalue weighted by Crippen LogP contribution is -2.57. The maximum absolute atomic E-state index is 15.6. The number of halogens is 1. The van der Waals surface area contributed by atoms with Gasteiger partial charge in [0.25, 0.3) is 5.91 Å². The van der Waals surface area contributed by atoms with Crippen LogP contribution in [0, 0.1) is 18.2 Å². The van der Waals surface area contributed by atoms with Crippen molar-refractivity contribution in [2.24, 2.45) is 5.41 Å². The SMILES string of the molecule is Cc1ncsc1-c1ccc(CNC(=O)[C@@H]2CCCN2C(=O)[C@@H](NC(=O)CCOCCOCCOCCOCCNC(=O)CN2CCN(C(=O)c3ccc(Nc4nc(C5CC5)cn5c(-c6cn[nH]c6)cnc45)c(F)c3)CC2)C(C)(C)C)cc1. The first-order valence-electron chi connectivity index (χ1n) is 28.1. The van der Waals surface area contributed by atoms with E-state index in [4.69, 9.17) is 23.9 Å². The molecule has 2 aromatic carbocycles. The third kappa shape index (κ3) is 15.9. The van der Waals surface area contributed by atoms with Gasteiger partial charge in [0, 0.05) is 81.7 Å². The van der Waals surface area contributed by atoms with Crippen molar-refractivity contribution in [2.75, 3.05) is 104 Å². The average molecular weight is 1150 g/mol. The molecule has 0 spiro atoms. The van der Waals surface area contributed by atoms with Gasteiger partial charge in [0.2, 0.25) is 23.6 Å². The predicted molar refractivity (Wildman–Crippen MR) is 306 cm³/mol. The summed E-state index contributed by atoms with van der Waals surface area (Å²) in [5.74, 6) is -1.06. The van der Waals surface area contributed by atoms with E-state index in [0.29, 0.717) is 116 Å². The Bertz CT molecular complexity index is 3120. The lowest BCUT2D eigenvalue weighted by molar-refractivity contribution is -0.144. The normalized spacial score (nSPS) is 16.1. The molecule has 2 atom stereocenters. The fourth-order valence-electron chi connectivity index (χ4n) is 9.90. The summed E-state index contributed by atoms with van der Waals surface area (Å²) >= 11 is 1.59. The number of aromatic nitrogens is 6. The van der Waals surface area contributed by atoms with Gasteiger partial charge in [-0.3, -0.25) is 38.4 Å². The molecule has 4 aromatic heterocycles. The Morgan fingerprint density at radius 3 is 2.20 bits per heavy atom. The minimum Gasteiger partial charge on any atom is -0.379 e. The zero-order chi connectivity index (χ0) is 57.6. The molecule has 82 heavy (non-hydrogen) atoms. The second-order valence-electron chi connectivity index (χ2n) is 21.8. The lowest BCUT2D eigenvalue weighted by Gasteiger charge is -2.35. The summed E-state index contributed by atoms with van der Waals surface area (Å²) in [5, 5.41) is 18.8. The number of rotatable bonds is 28. The topological polar surface area (TPSA) is 252 Å². The molecule has 9 rings (SSSR count). The molecule has 3 fully saturated rings. The van der Waals surface area contributed by atoms with Gasteiger partial charge >= 0.3 is 0 Å². The Morgan fingerprint density at radius 1 is 0.817 bits per heavy atom. The van der Waals surface area contributed by atoms with Gasteiger partial charge in [-0.2, -0.15) is 5.10 Å². The molecule has 1 aliphatic carbocycles. The van der Waals surface area contributed by atoms with Crippen LogP contribution >= 0.6 is 11.3 Å². The molecule has 5 amide bonds. The monoisotopic (exact) mass is 1150 g/mol. The molecule has 22 nitrogen and oxygen atoms in total. The molecule has 24 heteroatoms. The fourth-order valence-corrected chi connectivity index (χ4v) is 10.7. The van der Waals surface area contributed by atoms with Crippen LogP contribution in [0.4, 0.5) is 15.9 Å². The Morgan fingerprint density at radius 2 is 1.54 bits per heavy atom. The number of hydrogen-bond acceptors (Lipinski definition) is 16. The molecule has 3 aliphatic rings. The number of piperazine rings is 1. The van der Waals surface area contributed by atoms with Crippen LogP contribution in [0.3, 0.4) is 0 Å². The van der Waals surface area contributed by atoms with E-state index in [0.717, 1.165) is 51.5 Å². The number of anilines is 2. The van der Waals surface area contributed by atoms with Crippen molar-refractivity contribution in [3.63, 3.8) is 0 Å². The molecule has 0 radical (unpaired) electrons. The maximum Gasteiger partial charge on any atom is 0.254 e. The highest BCUT2D eigenvalue weighted by molar-refractivity contribution is 7.13. The first-order valence-corrected chi connectivity index (χ1v) is 29.0. The summed E-state index contributed by atoms with van der Waals surface area (Å²) < 4.78 is 40.0. The Kier molecular flexibility index (Phi) is 20.4. The molecule has 438 valence electrons. The van der Waals surface area contributed by atoms with Gasteiger partial charge in [0.15, 0.2) is 11.5 Å². The molecular formula is C58H74FN13O9S. The number of imidazole rings is 1. The van der Waals surface area contributed by atoms with E-state index >= 15 is 4.39 Å². The Labute approximate surface area is 480 Å². The average Bonchev–Trinajstić information content (AvgIpc) is 3.73. The summed E-state index contributed by atoms with van der Waals surface area (Å²) in [7, 11) is 0. The van der Waals surface area contributed by atoms with E-state index in [1.54, 1.807) is 51.9 Å². The first-order chi connectivity index (χ1) is 39.7. The summed E-state index contributed by atoms with van der Waals surface area (Å²) in [4.78, 5) is 86.6. The van der Waals surface area contributed by atoms with Gasteiger partial charge in [-0.1, -0.05) is 45.0 Å². The van der Waals surface area contributed by atoms with E-state index < -0.39 is 23.3 Å². The van der Waals surface area contributed by atoms with E-state index in [-0.39, 0.29) is 67.0 Å². The number of likely N-dealkylation sites (tertiary alicyclic amines) is 1. The lowest BCUT2D eigenvalue weighted by atomic mass is 9.85. The predicted octanol–water partition coefficient (Wildman–Crippen LogP) is 5.48. The molecule has 5 N–H and O–H groups in total. The number of ether oxygens (including phenoxy) is 4. The molecule has 6 heterocycles. The second-order valence-corrected chi connectivity index (χ2v) is 22.6. The van der Waals surface area contributed by atoms with Crippen LogP contribution in [0.15, 0.2) is 72.8 Å². The quantitative estimate of drug-likeness (QED) is 0.0382. The largest absolute Gasteiger partial charge is 0.379 e. The highest BCUT2D eigenvalue weighted by Crippen LogP contribution is 2.41. The number of carbonyl (C=O) groups is 5. The van der Waals surface area contributed by atoms with Crippen LogP contribution < -0.4 is 21.3 Å². The van der Waals surface area contributed by atoms with Gasteiger partial charge in [-0.15, -0.1) is 11.3 Å². The highest BCUT2D eigenvalue weighted by Gasteiger charge is 2.42. The van der Waals surface area contributed by atoms with Crippen LogP contribution in [0.2, 0.25) is 0 Å². The molecule has 0 unspecified atom stereocenters. The third-order valence-corrected chi connectivity index (χ3v) is 15.6. The number of aryl methyl sites for hydroxylation is 1. The number of carbonyl (C=O) groups excluding carboxylic acids is 5. The number of amides is 5. The molecule has 2 aliphatic heterocycles. The third-order valence-electron chi connectivity index (χ3n) is 14.6. The maximum atomic E-state index is 15.6. The summed E-state index contributed by atoms with van der Waals surface area (Å²) in [6.45, 7) is 13.2. The van der Waals surface area contributed by atoms with Crippen molar-refractivity contribution in [3.05, 3.63) is 101 Å². The van der Waals surface area contributed by atoms with Crippen LogP contribution in [0.1, 0.15) is 86.1 Å². The molecule has 2 saturated heterocycles. The van der Waals surface area contributed by atoms with Crippen molar-refractivity contribution in [1.29, 1.82) is 0 Å². The number of hydrogen-bond donors (Lipinski definition) is 5. The fraction of sp³-hybridized carbons (Fsp3) is 0.500. The van der Waals surface area contributed by atoms with Crippen LogP contribution in [-0.4, -0.2) is 185 Å². The van der Waals surface area contributed by atoms with Crippen molar-refractivity contribution in [1.82, 2.24) is 60.2 Å². The minimum atomic E-state index is -0.824. The minimum absolute atomic E-state index is 0.0585.